The van der Waals surface area contributed by atoms with Gasteiger partial charge in [0, 0.05) is 30.6 Å². The number of ketones is 1. The molecule has 2 aliphatic heterocycles. The van der Waals surface area contributed by atoms with Crippen molar-refractivity contribution < 1.29 is 22.8 Å². The van der Waals surface area contributed by atoms with Gasteiger partial charge in [-0.05, 0) is 75.7 Å². The van der Waals surface area contributed by atoms with Gasteiger partial charge in [-0.25, -0.2) is 13.2 Å². The summed E-state index contributed by atoms with van der Waals surface area (Å²) in [6.45, 7) is 5.80. The minimum atomic E-state index is -0.964. The number of hydrogen-bond acceptors (Lipinski definition) is 3. The third kappa shape index (κ3) is 3.99. The third-order valence-corrected chi connectivity index (χ3v) is 6.51. The molecule has 1 amide bonds. The molecule has 0 aliphatic carbocycles. The average Bonchev–Trinajstić information content (AvgIpc) is 2.93. The van der Waals surface area contributed by atoms with Crippen LogP contribution in [0.4, 0.5) is 18.9 Å². The molecule has 2 aromatic carbocycles. The summed E-state index contributed by atoms with van der Waals surface area (Å²) in [4.78, 5) is 29.2. The van der Waals surface area contributed by atoms with Gasteiger partial charge >= 0.3 is 0 Å². The van der Waals surface area contributed by atoms with Crippen molar-refractivity contribution in [3.05, 3.63) is 65.0 Å². The molecular weight excluding hydrogens is 405 g/mol. The first-order valence-corrected chi connectivity index (χ1v) is 10.5. The molecule has 0 radical (unpaired) electrons. The second kappa shape index (κ2) is 8.11. The number of anilines is 1. The van der Waals surface area contributed by atoms with Gasteiger partial charge in [0.15, 0.2) is 17.4 Å². The number of benzene rings is 2. The largest absolute Gasteiger partial charge is 0.310 e. The van der Waals surface area contributed by atoms with E-state index in [4.69, 9.17) is 0 Å². The van der Waals surface area contributed by atoms with E-state index in [1.807, 2.05) is 0 Å². The molecule has 4 nitrogen and oxygen atoms in total. The molecule has 0 unspecified atom stereocenters. The number of carbonyl (C=O) groups is 2. The van der Waals surface area contributed by atoms with E-state index in [0.29, 0.717) is 55.8 Å². The van der Waals surface area contributed by atoms with Crippen molar-refractivity contribution in [2.24, 2.45) is 5.92 Å². The molecule has 0 atom stereocenters. The number of halogens is 3. The fraction of sp³-hybridized carbons (Fsp3) is 0.417. The Morgan fingerprint density at radius 3 is 2.26 bits per heavy atom. The molecule has 1 saturated heterocycles. The van der Waals surface area contributed by atoms with E-state index in [1.165, 1.54) is 29.2 Å². The van der Waals surface area contributed by atoms with Crippen LogP contribution in [0, 0.1) is 23.4 Å². The zero-order chi connectivity index (χ0) is 22.3. The van der Waals surface area contributed by atoms with E-state index in [2.05, 4.69) is 4.90 Å². The fourth-order valence-corrected chi connectivity index (χ4v) is 4.55. The summed E-state index contributed by atoms with van der Waals surface area (Å²) in [5, 5.41) is 0. The molecule has 0 aromatic heterocycles. The number of amides is 1. The SMILES string of the molecule is CC1(C)C(=O)N(CCN2CCC(C(=O)c3ccc(F)cc3)CC2)c2cc(F)c(F)cc21. The van der Waals surface area contributed by atoms with Gasteiger partial charge < -0.3 is 9.80 Å². The lowest BCUT2D eigenvalue weighted by Gasteiger charge is -2.32. The highest BCUT2D eigenvalue weighted by atomic mass is 19.2. The Morgan fingerprint density at radius 1 is 1.00 bits per heavy atom. The molecule has 31 heavy (non-hydrogen) atoms. The number of hydrogen-bond donors (Lipinski definition) is 0. The van der Waals surface area contributed by atoms with Gasteiger partial charge in [-0.1, -0.05) is 0 Å². The number of rotatable bonds is 5. The van der Waals surface area contributed by atoms with Crippen molar-refractivity contribution in [3.63, 3.8) is 0 Å². The van der Waals surface area contributed by atoms with Gasteiger partial charge in [-0.3, -0.25) is 9.59 Å². The predicted molar refractivity (Wildman–Crippen MR) is 112 cm³/mol. The molecule has 164 valence electrons. The summed E-state index contributed by atoms with van der Waals surface area (Å²) in [7, 11) is 0. The van der Waals surface area contributed by atoms with Crippen LogP contribution in [0.1, 0.15) is 42.6 Å². The third-order valence-electron chi connectivity index (χ3n) is 6.51. The molecule has 0 N–H and O–H groups in total. The average molecular weight is 430 g/mol. The Bertz CT molecular complexity index is 1010. The maximum Gasteiger partial charge on any atom is 0.237 e. The number of Topliss-reactive ketones (excluding diaryl/α,β-unsaturated/α-hetero) is 1. The number of likely N-dealkylation sites (tertiary alicyclic amines) is 1. The molecule has 2 aliphatic rings. The predicted octanol–water partition coefficient (Wildman–Crippen LogP) is 4.32. The lowest BCUT2D eigenvalue weighted by Crippen LogP contribution is -2.43. The summed E-state index contributed by atoms with van der Waals surface area (Å²) in [6, 6.07) is 7.85. The van der Waals surface area contributed by atoms with E-state index >= 15 is 0 Å². The van der Waals surface area contributed by atoms with Crippen molar-refractivity contribution in [3.8, 4) is 0 Å². The van der Waals surface area contributed by atoms with Crippen LogP contribution in [0.2, 0.25) is 0 Å². The van der Waals surface area contributed by atoms with E-state index in [-0.39, 0.29) is 23.4 Å². The lowest BCUT2D eigenvalue weighted by molar-refractivity contribution is -0.122. The fourth-order valence-electron chi connectivity index (χ4n) is 4.55. The topological polar surface area (TPSA) is 40.6 Å². The minimum Gasteiger partial charge on any atom is -0.310 e. The number of nitrogens with zero attached hydrogens (tertiary/aromatic N) is 2. The quantitative estimate of drug-likeness (QED) is 0.664. The summed E-state index contributed by atoms with van der Waals surface area (Å²) in [6.07, 6.45) is 1.37. The maximum absolute atomic E-state index is 13.8. The van der Waals surface area contributed by atoms with Crippen LogP contribution < -0.4 is 4.90 Å². The monoisotopic (exact) mass is 430 g/mol. The molecule has 7 heteroatoms. The van der Waals surface area contributed by atoms with Crippen molar-refractivity contribution in [2.75, 3.05) is 31.1 Å². The first-order valence-electron chi connectivity index (χ1n) is 10.5. The molecule has 4 rings (SSSR count). The second-order valence-corrected chi connectivity index (χ2v) is 8.85. The van der Waals surface area contributed by atoms with Crippen molar-refractivity contribution in [1.29, 1.82) is 0 Å². The zero-order valence-corrected chi connectivity index (χ0v) is 17.6. The molecule has 2 aromatic rings. The van der Waals surface area contributed by atoms with Crippen LogP contribution in [0.15, 0.2) is 36.4 Å². The van der Waals surface area contributed by atoms with Crippen LogP contribution in [0.25, 0.3) is 0 Å². The first kappa shape index (κ1) is 21.6. The minimum absolute atomic E-state index is 0.0301. The van der Waals surface area contributed by atoms with Gasteiger partial charge in [-0.2, -0.15) is 0 Å². The Balaban J connectivity index is 1.37. The summed E-state index contributed by atoms with van der Waals surface area (Å²) >= 11 is 0. The molecular formula is C24H25F3N2O2. The standard InChI is InChI=1S/C24H25F3N2O2/c1-24(2)18-13-19(26)20(27)14-21(18)29(23(24)31)12-11-28-9-7-16(8-10-28)22(30)15-3-5-17(25)6-4-15/h3-6,13-14,16H,7-12H2,1-2H3. The highest BCUT2D eigenvalue weighted by Crippen LogP contribution is 2.42. The number of fused-ring (bicyclic) bond motifs is 1. The van der Waals surface area contributed by atoms with Crippen LogP contribution in [0.3, 0.4) is 0 Å². The van der Waals surface area contributed by atoms with E-state index in [0.717, 1.165) is 12.1 Å². The molecule has 1 fully saturated rings. The summed E-state index contributed by atoms with van der Waals surface area (Å²) in [5.74, 6) is -2.53. The van der Waals surface area contributed by atoms with E-state index < -0.39 is 17.0 Å². The van der Waals surface area contributed by atoms with Gasteiger partial charge in [0.25, 0.3) is 0 Å². The Kier molecular flexibility index (Phi) is 5.64. The van der Waals surface area contributed by atoms with E-state index in [9.17, 15) is 22.8 Å². The summed E-state index contributed by atoms with van der Waals surface area (Å²) in [5.41, 5.74) is 0.546. The maximum atomic E-state index is 13.8. The second-order valence-electron chi connectivity index (χ2n) is 8.85. The smallest absolute Gasteiger partial charge is 0.237 e. The van der Waals surface area contributed by atoms with Gasteiger partial charge in [0.05, 0.1) is 11.1 Å². The van der Waals surface area contributed by atoms with Crippen molar-refractivity contribution in [2.45, 2.75) is 32.1 Å². The number of piperidine rings is 1. The Labute approximate surface area is 179 Å². The molecule has 0 saturated carbocycles. The highest BCUT2D eigenvalue weighted by molar-refractivity contribution is 6.07. The van der Waals surface area contributed by atoms with Gasteiger partial charge in [0.2, 0.25) is 5.91 Å². The van der Waals surface area contributed by atoms with Gasteiger partial charge in [0.1, 0.15) is 5.82 Å². The Hall–Kier alpha value is -2.67. The van der Waals surface area contributed by atoms with Crippen LogP contribution in [-0.4, -0.2) is 42.8 Å². The molecule has 0 bridgehead atoms. The van der Waals surface area contributed by atoms with Gasteiger partial charge in [-0.15, -0.1) is 0 Å². The van der Waals surface area contributed by atoms with Crippen LogP contribution >= 0.6 is 0 Å². The highest BCUT2D eigenvalue weighted by Gasteiger charge is 2.44. The lowest BCUT2D eigenvalue weighted by atomic mass is 9.86. The zero-order valence-electron chi connectivity index (χ0n) is 17.6. The Morgan fingerprint density at radius 2 is 1.61 bits per heavy atom. The van der Waals surface area contributed by atoms with E-state index in [1.54, 1.807) is 13.8 Å². The molecule has 0 spiro atoms. The normalized spacial score (nSPS) is 19.0. The number of carbonyl (C=O) groups excluding carboxylic acids is 2. The van der Waals surface area contributed by atoms with Crippen LogP contribution in [-0.2, 0) is 10.2 Å². The van der Waals surface area contributed by atoms with Crippen molar-refractivity contribution in [1.82, 2.24) is 4.90 Å². The molecule has 2 heterocycles. The first-order chi connectivity index (χ1) is 14.7. The van der Waals surface area contributed by atoms with Crippen molar-refractivity contribution >= 4 is 17.4 Å². The summed E-state index contributed by atoms with van der Waals surface area (Å²) < 4.78 is 40.6. The van der Waals surface area contributed by atoms with Crippen LogP contribution in [0.5, 0.6) is 0 Å².